The zero-order chi connectivity index (χ0) is 24.2. The van der Waals surface area contributed by atoms with Crippen LogP contribution >= 0.6 is 0 Å². The third kappa shape index (κ3) is 6.41. The van der Waals surface area contributed by atoms with Crippen molar-refractivity contribution in [3.05, 3.63) is 52.8 Å². The summed E-state index contributed by atoms with van der Waals surface area (Å²) in [6, 6.07) is 8.98. The highest BCUT2D eigenvalue weighted by Crippen LogP contribution is 2.33. The van der Waals surface area contributed by atoms with E-state index < -0.39 is 29.7 Å². The van der Waals surface area contributed by atoms with Gasteiger partial charge in [-0.1, -0.05) is 18.2 Å². The highest BCUT2D eigenvalue weighted by molar-refractivity contribution is 5.96. The maximum absolute atomic E-state index is 13.1. The minimum atomic E-state index is -0.738. The van der Waals surface area contributed by atoms with Gasteiger partial charge in [0.1, 0.15) is 11.7 Å². The van der Waals surface area contributed by atoms with E-state index in [-0.39, 0.29) is 13.0 Å². The molecular formula is C24H32N4O5. The molecule has 0 saturated carbocycles. The van der Waals surface area contributed by atoms with Crippen LogP contribution in [-0.4, -0.2) is 51.3 Å². The van der Waals surface area contributed by atoms with Crippen LogP contribution in [0.1, 0.15) is 67.0 Å². The van der Waals surface area contributed by atoms with E-state index >= 15 is 0 Å². The SMILES string of the molecule is Cc1cc(CNCCCN(C(=O)CC2OC(=O)c3ccccc32)C(=O)OC(C)(C)C)n(C)n1. The molecule has 2 aromatic rings. The fourth-order valence-corrected chi connectivity index (χ4v) is 3.68. The van der Waals surface area contributed by atoms with Gasteiger partial charge in [0.2, 0.25) is 5.91 Å². The molecule has 0 aliphatic carbocycles. The molecule has 1 aliphatic heterocycles. The number of cyclic esters (lactones) is 1. The number of benzene rings is 1. The Kier molecular flexibility index (Phi) is 7.53. The molecular weight excluding hydrogens is 424 g/mol. The number of carbonyl (C=O) groups excluding carboxylic acids is 3. The van der Waals surface area contributed by atoms with Gasteiger partial charge in [-0.25, -0.2) is 14.5 Å². The second kappa shape index (κ2) is 10.2. The van der Waals surface area contributed by atoms with Crippen LogP contribution in [0.5, 0.6) is 0 Å². The van der Waals surface area contributed by atoms with Crippen molar-refractivity contribution >= 4 is 18.0 Å². The van der Waals surface area contributed by atoms with Crippen LogP contribution in [0.2, 0.25) is 0 Å². The van der Waals surface area contributed by atoms with Crippen molar-refractivity contribution in [3.8, 4) is 0 Å². The monoisotopic (exact) mass is 456 g/mol. The van der Waals surface area contributed by atoms with Crippen LogP contribution in [-0.2, 0) is 27.9 Å². The summed E-state index contributed by atoms with van der Waals surface area (Å²) in [7, 11) is 1.89. The van der Waals surface area contributed by atoms with Crippen molar-refractivity contribution < 1.29 is 23.9 Å². The van der Waals surface area contributed by atoms with Crippen LogP contribution in [0.4, 0.5) is 4.79 Å². The summed E-state index contributed by atoms with van der Waals surface area (Å²) >= 11 is 0. The lowest BCUT2D eigenvalue weighted by Gasteiger charge is -2.27. The van der Waals surface area contributed by atoms with Gasteiger partial charge in [-0.2, -0.15) is 5.10 Å². The Morgan fingerprint density at radius 2 is 2.00 bits per heavy atom. The Morgan fingerprint density at radius 3 is 2.67 bits per heavy atom. The second-order valence-electron chi connectivity index (χ2n) is 9.14. The molecule has 2 amide bonds. The van der Waals surface area contributed by atoms with Crippen LogP contribution < -0.4 is 5.32 Å². The number of aromatic nitrogens is 2. The Bertz CT molecular complexity index is 1020. The fourth-order valence-electron chi connectivity index (χ4n) is 3.68. The molecule has 2 heterocycles. The maximum atomic E-state index is 13.1. The molecule has 0 fully saturated rings. The highest BCUT2D eigenvalue weighted by Gasteiger charge is 2.35. The van der Waals surface area contributed by atoms with Gasteiger partial charge in [-0.3, -0.25) is 9.48 Å². The summed E-state index contributed by atoms with van der Waals surface area (Å²) in [5.74, 6) is -0.900. The number of rotatable bonds is 8. The highest BCUT2D eigenvalue weighted by atomic mass is 16.6. The summed E-state index contributed by atoms with van der Waals surface area (Å²) in [6.45, 7) is 8.60. The molecule has 1 aliphatic rings. The van der Waals surface area contributed by atoms with Gasteiger partial charge >= 0.3 is 12.1 Å². The van der Waals surface area contributed by atoms with Gasteiger partial charge in [0, 0.05) is 25.7 Å². The number of aryl methyl sites for hydroxylation is 2. The number of fused-ring (bicyclic) bond motifs is 1. The first-order valence-electron chi connectivity index (χ1n) is 11.1. The number of amides is 2. The number of ether oxygens (including phenoxy) is 2. The molecule has 33 heavy (non-hydrogen) atoms. The summed E-state index contributed by atoms with van der Waals surface area (Å²) in [5.41, 5.74) is 2.37. The lowest BCUT2D eigenvalue weighted by atomic mass is 10.0. The first-order chi connectivity index (χ1) is 15.5. The Morgan fingerprint density at radius 1 is 1.27 bits per heavy atom. The Labute approximate surface area is 194 Å². The molecule has 1 unspecified atom stereocenters. The van der Waals surface area contributed by atoms with Crippen molar-refractivity contribution in [2.24, 2.45) is 7.05 Å². The molecule has 9 heteroatoms. The molecule has 0 spiro atoms. The van der Waals surface area contributed by atoms with E-state index in [1.165, 1.54) is 0 Å². The molecule has 0 saturated heterocycles. The fraction of sp³-hybridized carbons (Fsp3) is 0.500. The van der Waals surface area contributed by atoms with Crippen LogP contribution in [0.3, 0.4) is 0 Å². The topological polar surface area (TPSA) is 103 Å². The predicted octanol–water partition coefficient (Wildman–Crippen LogP) is 3.27. The lowest BCUT2D eigenvalue weighted by molar-refractivity contribution is -0.132. The Balaban J connectivity index is 1.60. The molecule has 9 nitrogen and oxygen atoms in total. The van der Waals surface area contributed by atoms with E-state index in [1.54, 1.807) is 45.0 Å². The standard InChI is InChI=1S/C24H32N4O5/c1-16-13-17(27(5)26-16)15-25-11-8-12-28(23(31)33-24(2,3)4)21(29)14-20-18-9-6-7-10-19(18)22(30)32-20/h6-7,9-10,13,20,25H,8,11-12,14-15H2,1-5H3. The van der Waals surface area contributed by atoms with Crippen molar-refractivity contribution in [3.63, 3.8) is 0 Å². The van der Waals surface area contributed by atoms with Crippen LogP contribution in [0.25, 0.3) is 0 Å². The molecule has 1 atom stereocenters. The molecule has 1 N–H and O–H groups in total. The Hall–Kier alpha value is -3.20. The lowest BCUT2D eigenvalue weighted by Crippen LogP contribution is -2.42. The third-order valence-corrected chi connectivity index (χ3v) is 5.19. The van der Waals surface area contributed by atoms with Crippen molar-refractivity contribution in [1.29, 1.82) is 0 Å². The zero-order valence-corrected chi connectivity index (χ0v) is 19.9. The van der Waals surface area contributed by atoms with Crippen molar-refractivity contribution in [2.45, 2.75) is 58.8 Å². The average Bonchev–Trinajstić information content (AvgIpc) is 3.21. The number of esters is 1. The average molecular weight is 457 g/mol. The molecule has 0 radical (unpaired) electrons. The quantitative estimate of drug-likeness (QED) is 0.480. The molecule has 178 valence electrons. The number of nitrogens with one attached hydrogen (secondary N) is 1. The van der Waals surface area contributed by atoms with Crippen LogP contribution in [0, 0.1) is 6.92 Å². The zero-order valence-electron chi connectivity index (χ0n) is 19.9. The van der Waals surface area contributed by atoms with Gasteiger partial charge in [0.15, 0.2) is 0 Å². The number of carbonyl (C=O) groups is 3. The summed E-state index contributed by atoms with van der Waals surface area (Å²) in [5, 5.41) is 7.62. The van der Waals surface area contributed by atoms with E-state index in [4.69, 9.17) is 9.47 Å². The van der Waals surface area contributed by atoms with Crippen molar-refractivity contribution in [2.75, 3.05) is 13.1 Å². The predicted molar refractivity (Wildman–Crippen MR) is 121 cm³/mol. The number of hydrogen-bond donors (Lipinski definition) is 1. The number of imide groups is 1. The number of hydrogen-bond acceptors (Lipinski definition) is 7. The minimum absolute atomic E-state index is 0.121. The first-order valence-corrected chi connectivity index (χ1v) is 11.1. The molecule has 1 aromatic carbocycles. The maximum Gasteiger partial charge on any atom is 0.417 e. The largest absolute Gasteiger partial charge is 0.453 e. The van der Waals surface area contributed by atoms with E-state index in [9.17, 15) is 14.4 Å². The van der Waals surface area contributed by atoms with Crippen LogP contribution in [0.15, 0.2) is 30.3 Å². The third-order valence-electron chi connectivity index (χ3n) is 5.19. The smallest absolute Gasteiger partial charge is 0.417 e. The van der Waals surface area contributed by atoms with Crippen molar-refractivity contribution in [1.82, 2.24) is 20.0 Å². The number of nitrogens with zero attached hydrogens (tertiary/aromatic N) is 3. The summed E-state index contributed by atoms with van der Waals surface area (Å²) in [4.78, 5) is 39.0. The summed E-state index contributed by atoms with van der Waals surface area (Å²) < 4.78 is 12.6. The van der Waals surface area contributed by atoms with Gasteiger partial charge in [-0.15, -0.1) is 0 Å². The second-order valence-corrected chi connectivity index (χ2v) is 9.14. The van der Waals surface area contributed by atoms with E-state index in [0.717, 1.165) is 16.3 Å². The normalized spacial score (nSPS) is 15.2. The van der Waals surface area contributed by atoms with Gasteiger partial charge < -0.3 is 14.8 Å². The molecule has 1 aromatic heterocycles. The van der Waals surface area contributed by atoms with E-state index in [0.29, 0.717) is 30.6 Å². The summed E-state index contributed by atoms with van der Waals surface area (Å²) in [6.07, 6.45) is -0.989. The molecule has 3 rings (SSSR count). The van der Waals surface area contributed by atoms with E-state index in [1.807, 2.05) is 24.7 Å². The van der Waals surface area contributed by atoms with Gasteiger partial charge in [0.25, 0.3) is 0 Å². The van der Waals surface area contributed by atoms with Gasteiger partial charge in [-0.05, 0) is 52.8 Å². The van der Waals surface area contributed by atoms with Gasteiger partial charge in [0.05, 0.1) is 23.4 Å². The van der Waals surface area contributed by atoms with E-state index in [2.05, 4.69) is 10.4 Å². The molecule has 0 bridgehead atoms. The minimum Gasteiger partial charge on any atom is -0.453 e. The first kappa shape index (κ1) is 24.4.